The number of aryl methyl sites for hydroxylation is 1. The largest absolute Gasteiger partial charge is 0.507 e. The molecule has 0 radical (unpaired) electrons. The van der Waals surface area contributed by atoms with Crippen LogP contribution in [0.3, 0.4) is 0 Å². The van der Waals surface area contributed by atoms with Gasteiger partial charge in [0.2, 0.25) is 11.6 Å². The highest BCUT2D eigenvalue weighted by molar-refractivity contribution is 6.50. The molecule has 4 rings (SSSR count). The molecule has 3 aromatic rings. The highest BCUT2D eigenvalue weighted by Gasteiger charge is 2.37. The number of nitrogens with one attached hydrogen (secondary N) is 1. The van der Waals surface area contributed by atoms with Crippen molar-refractivity contribution in [2.24, 2.45) is 0 Å². The first-order valence-electron chi connectivity index (χ1n) is 9.33. The Balaban J connectivity index is 1.75. The van der Waals surface area contributed by atoms with E-state index < -0.39 is 23.3 Å². The number of allylic oxidation sites excluding steroid dienone is 2. The molecule has 0 aromatic heterocycles. The number of rotatable bonds is 4. The average Bonchev–Trinajstić information content (AvgIpc) is 2.78. The SMILES string of the molecule is Cc1ccc(NC2=C(Cl)C(=O)c3c(O)ccc(OC(=O)c4ccccc4)c3C2=O)cc1. The lowest BCUT2D eigenvalue weighted by Gasteiger charge is -2.22. The monoisotopic (exact) mass is 433 g/mol. The van der Waals surface area contributed by atoms with Gasteiger partial charge in [0.15, 0.2) is 0 Å². The molecule has 31 heavy (non-hydrogen) atoms. The fourth-order valence-corrected chi connectivity index (χ4v) is 3.41. The highest BCUT2D eigenvalue weighted by atomic mass is 35.5. The molecule has 0 saturated heterocycles. The van der Waals surface area contributed by atoms with Crippen LogP contribution in [0.15, 0.2) is 77.5 Å². The number of hydrogen-bond acceptors (Lipinski definition) is 6. The molecular formula is C24H16ClNO5. The number of fused-ring (bicyclic) bond motifs is 1. The second-order valence-corrected chi connectivity index (χ2v) is 7.30. The maximum Gasteiger partial charge on any atom is 0.343 e. The van der Waals surface area contributed by atoms with Gasteiger partial charge >= 0.3 is 5.97 Å². The van der Waals surface area contributed by atoms with Gasteiger partial charge in [-0.2, -0.15) is 0 Å². The number of benzene rings is 3. The van der Waals surface area contributed by atoms with E-state index in [4.69, 9.17) is 16.3 Å². The van der Waals surface area contributed by atoms with E-state index in [-0.39, 0.29) is 33.2 Å². The number of carbonyl (C=O) groups excluding carboxylic acids is 3. The van der Waals surface area contributed by atoms with Gasteiger partial charge in [0.05, 0.1) is 16.7 Å². The Morgan fingerprint density at radius 1 is 0.903 bits per heavy atom. The Hall–Kier alpha value is -3.90. The molecule has 0 spiro atoms. The minimum Gasteiger partial charge on any atom is -0.507 e. The first-order valence-corrected chi connectivity index (χ1v) is 9.70. The third-order valence-electron chi connectivity index (χ3n) is 4.78. The van der Waals surface area contributed by atoms with E-state index >= 15 is 0 Å². The van der Waals surface area contributed by atoms with Crippen molar-refractivity contribution in [2.45, 2.75) is 6.92 Å². The summed E-state index contributed by atoms with van der Waals surface area (Å²) in [5, 5.41) is 12.7. The summed E-state index contributed by atoms with van der Waals surface area (Å²) in [5.74, 6) is -2.71. The van der Waals surface area contributed by atoms with Gasteiger partial charge in [0.1, 0.15) is 22.2 Å². The Morgan fingerprint density at radius 3 is 2.26 bits per heavy atom. The van der Waals surface area contributed by atoms with E-state index in [2.05, 4.69) is 5.32 Å². The molecule has 1 aliphatic rings. The zero-order valence-corrected chi connectivity index (χ0v) is 17.1. The van der Waals surface area contributed by atoms with E-state index in [9.17, 15) is 19.5 Å². The topological polar surface area (TPSA) is 92.7 Å². The van der Waals surface area contributed by atoms with Crippen molar-refractivity contribution in [3.63, 3.8) is 0 Å². The predicted molar refractivity (Wildman–Crippen MR) is 116 cm³/mol. The first kappa shape index (κ1) is 20.4. The van der Waals surface area contributed by atoms with Gasteiger partial charge in [-0.05, 0) is 43.3 Å². The van der Waals surface area contributed by atoms with Crippen molar-refractivity contribution >= 4 is 34.8 Å². The summed E-state index contributed by atoms with van der Waals surface area (Å²) in [4.78, 5) is 38.6. The van der Waals surface area contributed by atoms with E-state index in [0.29, 0.717) is 5.69 Å². The lowest BCUT2D eigenvalue weighted by atomic mass is 9.90. The molecule has 2 N–H and O–H groups in total. The number of aromatic hydroxyl groups is 1. The summed E-state index contributed by atoms with van der Waals surface area (Å²) < 4.78 is 5.41. The van der Waals surface area contributed by atoms with Crippen LogP contribution < -0.4 is 10.1 Å². The third kappa shape index (κ3) is 3.81. The molecule has 154 valence electrons. The van der Waals surface area contributed by atoms with E-state index in [1.165, 1.54) is 12.1 Å². The molecule has 6 nitrogen and oxygen atoms in total. The van der Waals surface area contributed by atoms with Crippen LogP contribution in [-0.2, 0) is 0 Å². The zero-order valence-electron chi connectivity index (χ0n) is 16.3. The average molecular weight is 434 g/mol. The first-order chi connectivity index (χ1) is 14.9. The maximum atomic E-state index is 13.3. The number of ether oxygens (including phenoxy) is 1. The number of phenolic OH excluding ortho intramolecular Hbond substituents is 1. The van der Waals surface area contributed by atoms with Gasteiger partial charge in [-0.15, -0.1) is 0 Å². The summed E-state index contributed by atoms with van der Waals surface area (Å²) in [6, 6.07) is 17.8. The quantitative estimate of drug-likeness (QED) is 0.451. The molecule has 0 atom stereocenters. The van der Waals surface area contributed by atoms with Crippen LogP contribution >= 0.6 is 11.6 Å². The smallest absolute Gasteiger partial charge is 0.343 e. The Kier molecular flexibility index (Phi) is 5.31. The summed E-state index contributed by atoms with van der Waals surface area (Å²) >= 11 is 6.19. The molecule has 3 aromatic carbocycles. The molecule has 0 heterocycles. The summed E-state index contributed by atoms with van der Waals surface area (Å²) in [7, 11) is 0. The fourth-order valence-electron chi connectivity index (χ4n) is 3.19. The van der Waals surface area contributed by atoms with Crippen molar-refractivity contribution in [2.75, 3.05) is 5.32 Å². The van der Waals surface area contributed by atoms with Crippen LogP contribution in [-0.4, -0.2) is 22.6 Å². The molecule has 0 amide bonds. The molecule has 0 fully saturated rings. The van der Waals surface area contributed by atoms with Crippen molar-refractivity contribution in [3.05, 3.63) is 99.7 Å². The van der Waals surface area contributed by atoms with Gasteiger partial charge in [-0.25, -0.2) is 4.79 Å². The zero-order chi connectivity index (χ0) is 22.1. The number of anilines is 1. The Labute approximate surface area is 182 Å². The lowest BCUT2D eigenvalue weighted by molar-refractivity contribution is 0.0731. The standard InChI is InChI=1S/C24H16ClNO5/c1-13-7-9-15(10-8-13)26-21-20(25)22(28)18-16(27)11-12-17(19(18)23(21)29)31-24(30)14-5-3-2-4-6-14/h2-12,26-27H,1H3. The van der Waals surface area contributed by atoms with Gasteiger partial charge in [-0.3, -0.25) is 9.59 Å². The summed E-state index contributed by atoms with van der Waals surface area (Å²) in [5.41, 5.74) is 1.14. The molecular weight excluding hydrogens is 418 g/mol. The van der Waals surface area contributed by atoms with E-state index in [0.717, 1.165) is 5.56 Å². The number of hydrogen-bond donors (Lipinski definition) is 2. The molecule has 0 unspecified atom stereocenters. The number of Topliss-reactive ketones (excluding diaryl/α,β-unsaturated/α-hetero) is 2. The van der Waals surface area contributed by atoms with Crippen molar-refractivity contribution < 1.29 is 24.2 Å². The molecule has 7 heteroatoms. The second-order valence-electron chi connectivity index (χ2n) is 6.93. The van der Waals surface area contributed by atoms with Crippen LogP contribution in [0.4, 0.5) is 5.69 Å². The fraction of sp³-hybridized carbons (Fsp3) is 0.0417. The van der Waals surface area contributed by atoms with Gasteiger partial charge in [-0.1, -0.05) is 47.5 Å². The van der Waals surface area contributed by atoms with Crippen molar-refractivity contribution in [1.82, 2.24) is 0 Å². The molecule has 0 aliphatic heterocycles. The molecule has 0 bridgehead atoms. The van der Waals surface area contributed by atoms with Crippen LogP contribution in [0.5, 0.6) is 11.5 Å². The Morgan fingerprint density at radius 2 is 1.58 bits per heavy atom. The van der Waals surface area contributed by atoms with E-state index in [1.54, 1.807) is 42.5 Å². The van der Waals surface area contributed by atoms with Gasteiger partial charge in [0.25, 0.3) is 0 Å². The van der Waals surface area contributed by atoms with Crippen LogP contribution in [0.2, 0.25) is 0 Å². The minimum atomic E-state index is -0.749. The summed E-state index contributed by atoms with van der Waals surface area (Å²) in [6.45, 7) is 1.91. The number of carbonyl (C=O) groups is 3. The predicted octanol–water partition coefficient (Wildman–Crippen LogP) is 4.86. The van der Waals surface area contributed by atoms with E-state index in [1.807, 2.05) is 19.1 Å². The highest BCUT2D eigenvalue weighted by Crippen LogP contribution is 2.39. The van der Waals surface area contributed by atoms with Crippen LogP contribution in [0, 0.1) is 6.92 Å². The van der Waals surface area contributed by atoms with Crippen LogP contribution in [0.25, 0.3) is 0 Å². The molecule has 0 saturated carbocycles. The summed E-state index contributed by atoms with van der Waals surface area (Å²) in [6.07, 6.45) is 0. The second kappa shape index (κ2) is 8.08. The maximum absolute atomic E-state index is 13.3. The third-order valence-corrected chi connectivity index (χ3v) is 5.14. The lowest BCUT2D eigenvalue weighted by Crippen LogP contribution is -2.26. The number of ketones is 2. The normalized spacial score (nSPS) is 13.1. The number of phenols is 1. The van der Waals surface area contributed by atoms with Gasteiger partial charge < -0.3 is 15.2 Å². The number of esters is 1. The molecule has 1 aliphatic carbocycles. The van der Waals surface area contributed by atoms with Crippen molar-refractivity contribution in [1.29, 1.82) is 0 Å². The minimum absolute atomic E-state index is 0.146. The van der Waals surface area contributed by atoms with Crippen molar-refractivity contribution in [3.8, 4) is 11.5 Å². The number of halogens is 1. The Bertz CT molecular complexity index is 1250. The van der Waals surface area contributed by atoms with Gasteiger partial charge in [0, 0.05) is 5.69 Å². The van der Waals surface area contributed by atoms with Crippen LogP contribution in [0.1, 0.15) is 36.6 Å².